The van der Waals surface area contributed by atoms with Crippen LogP contribution < -0.4 is 5.32 Å². The molecule has 12 N–H and O–H groups in total. The van der Waals surface area contributed by atoms with Crippen LogP contribution in [0.15, 0.2) is 122 Å². The molecule has 3 aliphatic rings. The maximum Gasteiger partial charge on any atom is 0.220 e. The third-order valence-corrected chi connectivity index (χ3v) is 18.8. The minimum absolute atomic E-state index is 0.233. The predicted molar refractivity (Wildman–Crippen MR) is 401 cm³/mol. The Bertz CT molecular complexity index is 2300. The van der Waals surface area contributed by atoms with Crippen molar-refractivity contribution >= 4 is 5.91 Å². The Morgan fingerprint density at radius 1 is 0.366 bits per heavy atom. The van der Waals surface area contributed by atoms with Crippen LogP contribution in [0.5, 0.6) is 0 Å². The lowest BCUT2D eigenvalue weighted by atomic mass is 9.96. The highest BCUT2D eigenvalue weighted by molar-refractivity contribution is 5.76. The fraction of sp³-hybridized carbons (Fsp3) is 0.744. The van der Waals surface area contributed by atoms with Crippen LogP contribution in [0, 0.1) is 0 Å². The molecular formula is C82H139NO18. The van der Waals surface area contributed by atoms with Gasteiger partial charge >= 0.3 is 0 Å². The number of hydrogen-bond donors (Lipinski definition) is 12. The average molecular weight is 1430 g/mol. The van der Waals surface area contributed by atoms with Crippen LogP contribution in [-0.2, 0) is 33.2 Å². The summed E-state index contributed by atoms with van der Waals surface area (Å²) >= 11 is 0. The van der Waals surface area contributed by atoms with E-state index in [9.17, 15) is 61.0 Å². The first kappa shape index (κ1) is 91.4. The summed E-state index contributed by atoms with van der Waals surface area (Å²) in [5.74, 6) is -0.282. The number of amides is 1. The summed E-state index contributed by atoms with van der Waals surface area (Å²) in [5, 5.41) is 121. The first-order chi connectivity index (χ1) is 49.3. The molecule has 0 aromatic heterocycles. The van der Waals surface area contributed by atoms with Gasteiger partial charge in [0, 0.05) is 6.42 Å². The van der Waals surface area contributed by atoms with Gasteiger partial charge in [-0.25, -0.2) is 0 Å². The zero-order valence-corrected chi connectivity index (χ0v) is 61.8. The zero-order valence-electron chi connectivity index (χ0n) is 61.8. The van der Waals surface area contributed by atoms with Crippen LogP contribution in [-0.4, -0.2) is 193 Å². The normalized spacial score (nSPS) is 27.0. The molecule has 3 fully saturated rings. The number of carbonyl (C=O) groups excluding carboxylic acids is 1. The van der Waals surface area contributed by atoms with Crippen molar-refractivity contribution in [2.75, 3.05) is 26.4 Å². The summed E-state index contributed by atoms with van der Waals surface area (Å²) in [4.78, 5) is 13.5. The van der Waals surface area contributed by atoms with E-state index in [2.05, 4.69) is 129 Å². The molecular weight excluding hydrogens is 1290 g/mol. The highest BCUT2D eigenvalue weighted by atomic mass is 16.8. The van der Waals surface area contributed by atoms with Crippen LogP contribution >= 0.6 is 0 Å². The van der Waals surface area contributed by atoms with Gasteiger partial charge in [0.15, 0.2) is 18.9 Å². The summed E-state index contributed by atoms with van der Waals surface area (Å²) in [5.41, 5.74) is 0. The fourth-order valence-electron chi connectivity index (χ4n) is 12.5. The Labute approximate surface area is 608 Å². The summed E-state index contributed by atoms with van der Waals surface area (Å²) in [6.45, 7) is 1.62. The summed E-state index contributed by atoms with van der Waals surface area (Å²) in [6, 6.07) is -0.983. The number of ether oxygens (including phenoxy) is 6. The Morgan fingerprint density at radius 2 is 0.683 bits per heavy atom. The third kappa shape index (κ3) is 41.6. The molecule has 3 heterocycles. The Hall–Kier alpha value is -3.81. The van der Waals surface area contributed by atoms with Crippen molar-refractivity contribution in [1.82, 2.24) is 5.32 Å². The topological polar surface area (TPSA) is 307 Å². The molecule has 3 rings (SSSR count). The van der Waals surface area contributed by atoms with E-state index in [1.54, 1.807) is 6.08 Å². The zero-order chi connectivity index (χ0) is 73.2. The molecule has 19 heteroatoms. The lowest BCUT2D eigenvalue weighted by molar-refractivity contribution is -0.379. The second-order valence-corrected chi connectivity index (χ2v) is 27.4. The highest BCUT2D eigenvalue weighted by Gasteiger charge is 2.53. The van der Waals surface area contributed by atoms with E-state index in [-0.39, 0.29) is 18.9 Å². The number of allylic oxidation sites excluding steroid dienone is 19. The molecule has 0 radical (unpaired) electrons. The monoisotopic (exact) mass is 1430 g/mol. The molecule has 580 valence electrons. The number of hydrogen-bond acceptors (Lipinski definition) is 18. The molecule has 17 atom stereocenters. The first-order valence-electron chi connectivity index (χ1n) is 39.3. The van der Waals surface area contributed by atoms with E-state index >= 15 is 0 Å². The van der Waals surface area contributed by atoms with Gasteiger partial charge in [0.25, 0.3) is 0 Å². The van der Waals surface area contributed by atoms with Crippen molar-refractivity contribution in [3.05, 3.63) is 122 Å². The van der Waals surface area contributed by atoms with Crippen LogP contribution in [0.1, 0.15) is 258 Å². The predicted octanol–water partition coefficient (Wildman–Crippen LogP) is 12.7. The molecule has 1 amide bonds. The van der Waals surface area contributed by atoms with Crippen molar-refractivity contribution in [3.8, 4) is 0 Å². The van der Waals surface area contributed by atoms with Crippen LogP contribution in [0.2, 0.25) is 0 Å². The molecule has 0 aromatic carbocycles. The fourth-order valence-corrected chi connectivity index (χ4v) is 12.5. The van der Waals surface area contributed by atoms with Crippen molar-refractivity contribution in [1.29, 1.82) is 0 Å². The van der Waals surface area contributed by atoms with E-state index in [4.69, 9.17) is 28.4 Å². The standard InChI is InChI=1S/C82H139NO18/c1-3-5-7-9-11-13-15-17-19-21-22-23-24-25-26-27-28-29-30-31-32-33-34-35-36-37-38-39-40-41-42-44-46-48-50-52-54-56-58-60-70(88)83-65(66(87)59-57-55-53-51-49-47-45-43-20-18-16-14-12-10-8-6-4-2)64-96-80-76(94)73(91)78(68(62-85)98-80)101-82-77(95)74(92)79(69(63-86)99-82)100-81-75(93)72(90)71(89)67(61-84)97-81/h5,7,11,13,17,19,22-23,25-26,28-29,31-32,34-35,37-38,57,59,65-69,71-82,84-87,89-95H,3-4,6,8-10,12,14-16,18,20-21,24,27,30,33,36,39-56,58,60-64H2,1-2H3,(H,83,88)/b7-5-,13-11-,19-17-,23-22-,26-25-,29-28-,32-31-,35-34-,38-37-,59-57+. The van der Waals surface area contributed by atoms with E-state index in [0.29, 0.717) is 6.42 Å². The van der Waals surface area contributed by atoms with Gasteiger partial charge in [-0.2, -0.15) is 0 Å². The van der Waals surface area contributed by atoms with E-state index in [1.807, 2.05) is 6.08 Å². The van der Waals surface area contributed by atoms with Gasteiger partial charge in [0.05, 0.1) is 38.6 Å². The molecule has 0 bridgehead atoms. The van der Waals surface area contributed by atoms with Crippen molar-refractivity contribution in [2.24, 2.45) is 0 Å². The quantitative estimate of drug-likeness (QED) is 0.0199. The van der Waals surface area contributed by atoms with E-state index in [1.165, 1.54) is 116 Å². The van der Waals surface area contributed by atoms with Gasteiger partial charge in [-0.15, -0.1) is 0 Å². The van der Waals surface area contributed by atoms with Gasteiger partial charge in [-0.1, -0.05) is 283 Å². The van der Waals surface area contributed by atoms with Crippen LogP contribution in [0.4, 0.5) is 0 Å². The molecule has 0 spiro atoms. The molecule has 101 heavy (non-hydrogen) atoms. The minimum atomic E-state index is -1.98. The van der Waals surface area contributed by atoms with Crippen molar-refractivity contribution in [2.45, 2.75) is 362 Å². The maximum absolute atomic E-state index is 13.5. The molecule has 0 aromatic rings. The van der Waals surface area contributed by atoms with Gasteiger partial charge in [0.2, 0.25) is 5.91 Å². The molecule has 19 nitrogen and oxygen atoms in total. The number of carbonyl (C=O) groups is 1. The summed E-state index contributed by atoms with van der Waals surface area (Å²) < 4.78 is 34.4. The van der Waals surface area contributed by atoms with Crippen molar-refractivity contribution in [3.63, 3.8) is 0 Å². The molecule has 3 aliphatic heterocycles. The average Bonchev–Trinajstić information content (AvgIpc) is 0.792. The highest BCUT2D eigenvalue weighted by Crippen LogP contribution is 2.33. The van der Waals surface area contributed by atoms with Crippen LogP contribution in [0.25, 0.3) is 0 Å². The molecule has 17 unspecified atom stereocenters. The summed E-state index contributed by atoms with van der Waals surface area (Å²) in [6.07, 6.45) is 58.9. The number of nitrogens with one attached hydrogen (secondary N) is 1. The summed E-state index contributed by atoms with van der Waals surface area (Å²) in [7, 11) is 0. The Kier molecular flexibility index (Phi) is 55.5. The SMILES string of the molecule is CC/C=C\C/C=C\C/C=C\C/C=C\C/C=C\C/C=C\C/C=C\C/C=C\C/C=C\CCCCCCCCCCCCCC(=O)NC(COC1OC(CO)C(OC2OC(CO)C(OC3OC(CO)C(O)C(O)C3O)C(O)C2O)C(O)C1O)C(O)/C=C/CCCCCCCCCCCCCCCCC. The Morgan fingerprint density at radius 3 is 1.07 bits per heavy atom. The number of aliphatic hydroxyl groups is 11. The lowest BCUT2D eigenvalue weighted by Gasteiger charge is -2.48. The van der Waals surface area contributed by atoms with E-state index in [0.717, 1.165) is 116 Å². The smallest absolute Gasteiger partial charge is 0.220 e. The van der Waals surface area contributed by atoms with E-state index < -0.39 is 124 Å². The number of rotatable bonds is 60. The Balaban J connectivity index is 1.34. The minimum Gasteiger partial charge on any atom is -0.394 e. The second-order valence-electron chi connectivity index (χ2n) is 27.4. The van der Waals surface area contributed by atoms with Gasteiger partial charge in [-0.3, -0.25) is 4.79 Å². The van der Waals surface area contributed by atoms with Gasteiger partial charge in [0.1, 0.15) is 73.2 Å². The maximum atomic E-state index is 13.5. The second kappa shape index (κ2) is 61.4. The molecule has 3 saturated heterocycles. The third-order valence-electron chi connectivity index (χ3n) is 18.8. The number of aliphatic hydroxyl groups excluding tert-OH is 11. The van der Waals surface area contributed by atoms with Gasteiger partial charge < -0.3 is 89.9 Å². The molecule has 0 saturated carbocycles. The van der Waals surface area contributed by atoms with Crippen molar-refractivity contribution < 1.29 is 89.4 Å². The largest absolute Gasteiger partial charge is 0.394 e. The van der Waals surface area contributed by atoms with Gasteiger partial charge in [-0.05, 0) is 89.9 Å². The first-order valence-corrected chi connectivity index (χ1v) is 39.3. The lowest BCUT2D eigenvalue weighted by Crippen LogP contribution is -2.66. The molecule has 0 aliphatic carbocycles. The van der Waals surface area contributed by atoms with Crippen LogP contribution in [0.3, 0.4) is 0 Å². The number of unbranched alkanes of at least 4 members (excludes halogenated alkanes) is 26.